The summed E-state index contributed by atoms with van der Waals surface area (Å²) in [5.41, 5.74) is 8.74. The van der Waals surface area contributed by atoms with E-state index in [1.807, 2.05) is 62.1 Å². The van der Waals surface area contributed by atoms with Crippen LogP contribution in [0.4, 0.5) is 0 Å². The number of benzene rings is 2. The second kappa shape index (κ2) is 9.23. The van der Waals surface area contributed by atoms with Gasteiger partial charge in [0.25, 0.3) is 5.91 Å². The highest BCUT2D eigenvalue weighted by Gasteiger charge is 2.38. The van der Waals surface area contributed by atoms with Gasteiger partial charge in [0.1, 0.15) is 6.04 Å². The summed E-state index contributed by atoms with van der Waals surface area (Å²) in [5, 5.41) is 2.98. The molecule has 0 radical (unpaired) electrons. The first-order chi connectivity index (χ1) is 13.9. The molecule has 0 spiro atoms. The molecule has 0 saturated carbocycles. The van der Waals surface area contributed by atoms with Crippen LogP contribution in [0.3, 0.4) is 0 Å². The molecular weight excluding hydrogens is 362 g/mol. The van der Waals surface area contributed by atoms with Gasteiger partial charge >= 0.3 is 0 Å². The Morgan fingerprint density at radius 2 is 1.72 bits per heavy atom. The molecule has 2 aromatic rings. The van der Waals surface area contributed by atoms with Gasteiger partial charge in [0.05, 0.1) is 0 Å². The Morgan fingerprint density at radius 3 is 2.34 bits per heavy atom. The van der Waals surface area contributed by atoms with E-state index in [0.29, 0.717) is 25.2 Å². The van der Waals surface area contributed by atoms with Gasteiger partial charge in [0, 0.05) is 24.6 Å². The number of hydrogen-bond acceptors (Lipinski definition) is 3. The Bertz CT molecular complexity index is 850. The van der Waals surface area contributed by atoms with Gasteiger partial charge in [-0.05, 0) is 42.5 Å². The second-order valence-corrected chi connectivity index (χ2v) is 8.27. The van der Waals surface area contributed by atoms with Crippen LogP contribution in [0.15, 0.2) is 54.6 Å². The monoisotopic (exact) mass is 393 g/mol. The van der Waals surface area contributed by atoms with Gasteiger partial charge < -0.3 is 16.0 Å². The topological polar surface area (TPSA) is 75.4 Å². The minimum atomic E-state index is -0.560. The summed E-state index contributed by atoms with van der Waals surface area (Å²) in [7, 11) is 0. The van der Waals surface area contributed by atoms with E-state index in [2.05, 4.69) is 17.4 Å². The number of nitrogens with two attached hydrogens (primary N) is 1. The zero-order valence-corrected chi connectivity index (χ0v) is 17.5. The first-order valence-corrected chi connectivity index (χ1v) is 10.3. The van der Waals surface area contributed by atoms with Gasteiger partial charge in [-0.25, -0.2) is 0 Å². The number of nitrogens with zero attached hydrogens (tertiary/aromatic N) is 1. The number of amides is 2. The molecule has 1 aliphatic heterocycles. The van der Waals surface area contributed by atoms with Crippen LogP contribution in [0.1, 0.15) is 41.3 Å². The van der Waals surface area contributed by atoms with Crippen molar-refractivity contribution in [1.82, 2.24) is 10.2 Å². The van der Waals surface area contributed by atoms with Gasteiger partial charge in [-0.2, -0.15) is 0 Å². The predicted octanol–water partition coefficient (Wildman–Crippen LogP) is 2.95. The average Bonchev–Trinajstić information content (AvgIpc) is 3.16. The van der Waals surface area contributed by atoms with Gasteiger partial charge in [0.2, 0.25) is 5.91 Å². The first kappa shape index (κ1) is 21.1. The fourth-order valence-corrected chi connectivity index (χ4v) is 4.12. The molecule has 1 unspecified atom stereocenters. The standard InChI is InChI=1S/C24H31N3O2/c1-16(2)22(26-23(28)20-12-8-7-9-17(20)3)24(29)27-14-19(13-25)21(15-27)18-10-5-4-6-11-18/h4-12,16,19,21-22H,13-15,25H2,1-3H3,(H,26,28)/t19-,21+,22?/m1/s1. The molecule has 5 nitrogen and oxygen atoms in total. The number of likely N-dealkylation sites (tertiary alicyclic amines) is 1. The smallest absolute Gasteiger partial charge is 0.252 e. The van der Waals surface area contributed by atoms with Crippen LogP contribution in [0.5, 0.6) is 0 Å². The molecule has 29 heavy (non-hydrogen) atoms. The SMILES string of the molecule is Cc1ccccc1C(=O)NC(C(=O)N1C[C@@H](CN)[C@H](c2ccccc2)C1)C(C)C. The molecule has 0 aliphatic carbocycles. The molecule has 154 valence electrons. The fraction of sp³-hybridized carbons (Fsp3) is 0.417. The van der Waals surface area contributed by atoms with Gasteiger partial charge in [0.15, 0.2) is 0 Å². The van der Waals surface area contributed by atoms with Crippen molar-refractivity contribution in [3.8, 4) is 0 Å². The summed E-state index contributed by atoms with van der Waals surface area (Å²) >= 11 is 0. The minimum absolute atomic E-state index is 0.0115. The van der Waals surface area contributed by atoms with Crippen molar-refractivity contribution in [2.45, 2.75) is 32.7 Å². The van der Waals surface area contributed by atoms with Gasteiger partial charge in [-0.3, -0.25) is 9.59 Å². The molecule has 2 aromatic carbocycles. The third-order valence-corrected chi connectivity index (χ3v) is 5.89. The highest BCUT2D eigenvalue weighted by atomic mass is 16.2. The van der Waals surface area contributed by atoms with Crippen LogP contribution in [-0.2, 0) is 4.79 Å². The van der Waals surface area contributed by atoms with E-state index < -0.39 is 6.04 Å². The molecule has 0 bridgehead atoms. The van der Waals surface area contributed by atoms with E-state index in [9.17, 15) is 9.59 Å². The maximum Gasteiger partial charge on any atom is 0.252 e. The Labute approximate surface area is 173 Å². The third kappa shape index (κ3) is 4.67. The number of aryl methyl sites for hydroxylation is 1. The summed E-state index contributed by atoms with van der Waals surface area (Å²) in [5.74, 6) is 0.206. The van der Waals surface area contributed by atoms with Crippen molar-refractivity contribution < 1.29 is 9.59 Å². The first-order valence-electron chi connectivity index (χ1n) is 10.3. The predicted molar refractivity (Wildman–Crippen MR) is 116 cm³/mol. The number of rotatable bonds is 6. The number of hydrogen-bond donors (Lipinski definition) is 2. The molecule has 5 heteroatoms. The van der Waals surface area contributed by atoms with E-state index >= 15 is 0 Å². The van der Waals surface area contributed by atoms with Gasteiger partial charge in [-0.1, -0.05) is 62.4 Å². The van der Waals surface area contributed by atoms with Crippen LogP contribution in [-0.4, -0.2) is 42.4 Å². The molecule has 3 N–H and O–H groups in total. The molecule has 3 rings (SSSR count). The van der Waals surface area contributed by atoms with Crippen molar-refractivity contribution in [3.63, 3.8) is 0 Å². The van der Waals surface area contributed by atoms with E-state index in [0.717, 1.165) is 5.56 Å². The lowest BCUT2D eigenvalue weighted by Crippen LogP contribution is -2.51. The number of nitrogens with one attached hydrogen (secondary N) is 1. The zero-order valence-electron chi connectivity index (χ0n) is 17.5. The molecular formula is C24H31N3O2. The normalized spacial score (nSPS) is 20.0. The highest BCUT2D eigenvalue weighted by molar-refractivity contribution is 5.98. The van der Waals surface area contributed by atoms with Crippen LogP contribution in [0.2, 0.25) is 0 Å². The molecule has 1 aliphatic rings. The summed E-state index contributed by atoms with van der Waals surface area (Å²) in [6.07, 6.45) is 0. The fourth-order valence-electron chi connectivity index (χ4n) is 4.12. The largest absolute Gasteiger partial charge is 0.340 e. The van der Waals surface area contributed by atoms with E-state index in [1.54, 1.807) is 6.07 Å². The van der Waals surface area contributed by atoms with Crippen LogP contribution < -0.4 is 11.1 Å². The molecule has 2 amide bonds. The molecule has 0 aromatic heterocycles. The zero-order chi connectivity index (χ0) is 21.0. The van der Waals surface area contributed by atoms with Crippen LogP contribution in [0.25, 0.3) is 0 Å². The van der Waals surface area contributed by atoms with E-state index in [1.165, 1.54) is 5.56 Å². The lowest BCUT2D eigenvalue weighted by molar-refractivity contribution is -0.133. The Hall–Kier alpha value is -2.66. The van der Waals surface area contributed by atoms with Crippen molar-refractivity contribution in [3.05, 3.63) is 71.3 Å². The lowest BCUT2D eigenvalue weighted by atomic mass is 9.89. The third-order valence-electron chi connectivity index (χ3n) is 5.89. The maximum absolute atomic E-state index is 13.3. The maximum atomic E-state index is 13.3. The van der Waals surface area contributed by atoms with Crippen molar-refractivity contribution in [2.75, 3.05) is 19.6 Å². The van der Waals surface area contributed by atoms with Crippen molar-refractivity contribution in [1.29, 1.82) is 0 Å². The Kier molecular flexibility index (Phi) is 6.70. The van der Waals surface area contributed by atoms with E-state index in [-0.39, 0.29) is 29.6 Å². The summed E-state index contributed by atoms with van der Waals surface area (Å²) in [6.45, 7) is 7.62. The number of carbonyl (C=O) groups excluding carboxylic acids is 2. The van der Waals surface area contributed by atoms with Crippen LogP contribution in [0, 0.1) is 18.8 Å². The van der Waals surface area contributed by atoms with Gasteiger partial charge in [-0.15, -0.1) is 0 Å². The minimum Gasteiger partial charge on any atom is -0.340 e. The molecule has 1 heterocycles. The molecule has 1 saturated heterocycles. The molecule has 1 fully saturated rings. The number of carbonyl (C=O) groups is 2. The quantitative estimate of drug-likeness (QED) is 0.792. The summed E-state index contributed by atoms with van der Waals surface area (Å²) in [6, 6.07) is 17.1. The van der Waals surface area contributed by atoms with E-state index in [4.69, 9.17) is 5.73 Å². The van der Waals surface area contributed by atoms with Crippen molar-refractivity contribution in [2.24, 2.45) is 17.6 Å². The van der Waals surface area contributed by atoms with Crippen molar-refractivity contribution >= 4 is 11.8 Å². The Balaban J connectivity index is 1.75. The second-order valence-electron chi connectivity index (χ2n) is 8.27. The summed E-state index contributed by atoms with van der Waals surface area (Å²) < 4.78 is 0. The highest BCUT2D eigenvalue weighted by Crippen LogP contribution is 2.32. The average molecular weight is 394 g/mol. The van der Waals surface area contributed by atoms with Crippen LogP contribution >= 0.6 is 0 Å². The summed E-state index contributed by atoms with van der Waals surface area (Å²) in [4.78, 5) is 28.0. The lowest BCUT2D eigenvalue weighted by Gasteiger charge is -2.27. The molecule has 3 atom stereocenters. The Morgan fingerprint density at radius 1 is 1.07 bits per heavy atom.